The van der Waals surface area contributed by atoms with Crippen molar-refractivity contribution in [1.29, 1.82) is 0 Å². The van der Waals surface area contributed by atoms with Gasteiger partial charge in [0.2, 0.25) is 0 Å². The Labute approximate surface area is 227 Å². The molecule has 4 nitrogen and oxygen atoms in total. The standard InChI is InChI=1S/3C9H22Si.H3O4P/c3*1-4-7-10(8-5-2)9-6-3;1-5(2,3)4/h3*10H,4-9H2,1-3H3;(H3,1,2,3,4). The molecule has 0 aromatic rings. The van der Waals surface area contributed by atoms with Gasteiger partial charge >= 0.3 is 7.82 Å². The van der Waals surface area contributed by atoms with E-state index in [1.807, 2.05) is 0 Å². The predicted octanol–water partition coefficient (Wildman–Crippen LogP) is 9.40. The van der Waals surface area contributed by atoms with Crippen molar-refractivity contribution in [1.82, 2.24) is 0 Å². The molecule has 0 aromatic heterocycles. The van der Waals surface area contributed by atoms with Crippen molar-refractivity contribution in [3.63, 3.8) is 0 Å². The zero-order valence-corrected chi connectivity index (χ0v) is 30.0. The maximum absolute atomic E-state index is 8.88. The summed E-state index contributed by atoms with van der Waals surface area (Å²) in [4.78, 5) is 21.6. The number of hydrogen-bond acceptors (Lipinski definition) is 1. The van der Waals surface area contributed by atoms with E-state index in [1.165, 1.54) is 57.8 Å². The molecule has 0 aliphatic carbocycles. The topological polar surface area (TPSA) is 77.8 Å². The molecular formula is C27H69O4PSi3. The minimum Gasteiger partial charge on any atom is -0.303 e. The third-order valence-corrected chi connectivity index (χ3v) is 18.8. The van der Waals surface area contributed by atoms with Crippen LogP contribution in [0.5, 0.6) is 0 Å². The van der Waals surface area contributed by atoms with Crippen LogP contribution in [0.4, 0.5) is 0 Å². The van der Waals surface area contributed by atoms with Gasteiger partial charge in [-0.2, -0.15) is 0 Å². The molecule has 8 heteroatoms. The van der Waals surface area contributed by atoms with E-state index >= 15 is 0 Å². The maximum atomic E-state index is 8.88. The van der Waals surface area contributed by atoms with Gasteiger partial charge in [0.05, 0.1) is 0 Å². The molecule has 0 saturated carbocycles. The van der Waals surface area contributed by atoms with E-state index in [0.717, 1.165) is 0 Å². The lowest BCUT2D eigenvalue weighted by Gasteiger charge is -2.10. The quantitative estimate of drug-likeness (QED) is 0.113. The Balaban J connectivity index is -0.000000188. The van der Waals surface area contributed by atoms with Crippen molar-refractivity contribution in [2.24, 2.45) is 0 Å². The van der Waals surface area contributed by atoms with Crippen molar-refractivity contribution < 1.29 is 19.2 Å². The van der Waals surface area contributed by atoms with Gasteiger partial charge in [-0.3, -0.25) is 0 Å². The van der Waals surface area contributed by atoms with Crippen LogP contribution < -0.4 is 0 Å². The third-order valence-electron chi connectivity index (χ3n) is 6.27. The van der Waals surface area contributed by atoms with Crippen LogP contribution in [-0.2, 0) is 4.57 Å². The summed E-state index contributed by atoms with van der Waals surface area (Å²) in [5.74, 6) is 0. The maximum Gasteiger partial charge on any atom is 0.466 e. The highest BCUT2D eigenvalue weighted by Crippen LogP contribution is 2.25. The molecule has 0 rings (SSSR count). The van der Waals surface area contributed by atoms with Gasteiger partial charge in [-0.1, -0.05) is 174 Å². The molecule has 0 radical (unpaired) electrons. The van der Waals surface area contributed by atoms with Crippen LogP contribution in [0.15, 0.2) is 0 Å². The molecule has 0 heterocycles. The summed E-state index contributed by atoms with van der Waals surface area (Å²) in [6.07, 6.45) is 12.8. The number of rotatable bonds is 18. The fourth-order valence-corrected chi connectivity index (χ4v) is 14.9. The number of phosphoric acid groups is 1. The number of hydrogen-bond donors (Lipinski definition) is 3. The SMILES string of the molecule is CCC[SiH](CCC)CCC.CCC[SiH](CCC)CCC.CCC[SiH](CCC)CCC.O=P(O)(O)O. The van der Waals surface area contributed by atoms with E-state index in [0.29, 0.717) is 0 Å². The van der Waals surface area contributed by atoms with Crippen molar-refractivity contribution in [2.75, 3.05) is 0 Å². The average Bonchev–Trinajstić information content (AvgIpc) is 2.75. The van der Waals surface area contributed by atoms with Crippen LogP contribution in [0.2, 0.25) is 54.4 Å². The second kappa shape index (κ2) is 34.8. The Bertz CT molecular complexity index is 318. The molecule has 0 spiro atoms. The molecule has 0 fully saturated rings. The molecule has 0 amide bonds. The summed E-state index contributed by atoms with van der Waals surface area (Å²) in [6.45, 7) is 20.9. The Hall–Kier alpha value is 0.761. The van der Waals surface area contributed by atoms with Gasteiger partial charge in [-0.05, 0) is 0 Å². The minimum atomic E-state index is -4.64. The van der Waals surface area contributed by atoms with Gasteiger partial charge in [0.15, 0.2) is 0 Å². The fraction of sp³-hybridized carbons (Fsp3) is 1.00. The molecule has 0 saturated heterocycles. The molecule has 0 bridgehead atoms. The molecule has 0 aromatic carbocycles. The van der Waals surface area contributed by atoms with Gasteiger partial charge in [-0.15, -0.1) is 0 Å². The van der Waals surface area contributed by atoms with Crippen molar-refractivity contribution >= 4 is 34.2 Å². The first-order valence-electron chi connectivity index (χ1n) is 15.3. The smallest absolute Gasteiger partial charge is 0.303 e. The molecule has 0 unspecified atom stereocenters. The summed E-state index contributed by atoms with van der Waals surface area (Å²) in [7, 11) is -5.34. The highest BCUT2D eigenvalue weighted by atomic mass is 31.2. The molecule has 35 heavy (non-hydrogen) atoms. The van der Waals surface area contributed by atoms with Crippen LogP contribution in [0.1, 0.15) is 120 Å². The molecule has 218 valence electrons. The van der Waals surface area contributed by atoms with E-state index in [4.69, 9.17) is 19.2 Å². The van der Waals surface area contributed by atoms with Gasteiger partial charge in [-0.25, -0.2) is 4.57 Å². The summed E-state index contributed by atoms with van der Waals surface area (Å²) < 4.78 is 8.88. The molecule has 0 atom stereocenters. The van der Waals surface area contributed by atoms with Gasteiger partial charge in [0.25, 0.3) is 0 Å². The predicted molar refractivity (Wildman–Crippen MR) is 172 cm³/mol. The van der Waals surface area contributed by atoms with Crippen LogP contribution in [0.25, 0.3) is 0 Å². The lowest BCUT2D eigenvalue weighted by atomic mass is 10.6. The Kier molecular flexibility index (Phi) is 42.5. The second-order valence-corrected chi connectivity index (χ2v) is 21.6. The monoisotopic (exact) mass is 572 g/mol. The van der Waals surface area contributed by atoms with E-state index in [1.54, 1.807) is 54.4 Å². The zero-order chi connectivity index (χ0) is 28.0. The minimum absolute atomic E-state index is 0.234. The Morgan fingerprint density at radius 1 is 0.371 bits per heavy atom. The Morgan fingerprint density at radius 2 is 0.457 bits per heavy atom. The zero-order valence-electron chi connectivity index (χ0n) is 25.7. The van der Waals surface area contributed by atoms with Crippen LogP contribution in [0.3, 0.4) is 0 Å². The first-order valence-corrected chi connectivity index (χ1v) is 24.2. The van der Waals surface area contributed by atoms with Gasteiger partial charge in [0.1, 0.15) is 0 Å². The molecule has 0 aliphatic rings. The van der Waals surface area contributed by atoms with E-state index in [2.05, 4.69) is 62.3 Å². The highest BCUT2D eigenvalue weighted by molar-refractivity contribution is 7.45. The largest absolute Gasteiger partial charge is 0.466 e. The van der Waals surface area contributed by atoms with Crippen molar-refractivity contribution in [3.8, 4) is 0 Å². The van der Waals surface area contributed by atoms with Crippen molar-refractivity contribution in [2.45, 2.75) is 174 Å². The summed E-state index contributed by atoms with van der Waals surface area (Å²) in [5.41, 5.74) is 0. The molecule has 3 N–H and O–H groups in total. The van der Waals surface area contributed by atoms with E-state index in [9.17, 15) is 0 Å². The lowest BCUT2D eigenvalue weighted by molar-refractivity contribution is 0.275. The third kappa shape index (κ3) is 48.4. The van der Waals surface area contributed by atoms with Gasteiger partial charge in [0, 0.05) is 26.4 Å². The lowest BCUT2D eigenvalue weighted by Crippen LogP contribution is -2.09. The normalized spacial score (nSPS) is 10.9. The van der Waals surface area contributed by atoms with Crippen molar-refractivity contribution in [3.05, 3.63) is 0 Å². The van der Waals surface area contributed by atoms with Gasteiger partial charge < -0.3 is 14.7 Å². The van der Waals surface area contributed by atoms with Crippen LogP contribution in [-0.4, -0.2) is 41.1 Å². The highest BCUT2D eigenvalue weighted by Gasteiger charge is 2.07. The first kappa shape index (κ1) is 42.8. The first-order chi connectivity index (χ1) is 16.5. The van der Waals surface area contributed by atoms with E-state index in [-0.39, 0.29) is 26.4 Å². The van der Waals surface area contributed by atoms with Crippen LogP contribution in [0, 0.1) is 0 Å². The summed E-state index contributed by atoms with van der Waals surface area (Å²) >= 11 is 0. The molecular weight excluding hydrogens is 504 g/mol. The second-order valence-electron chi connectivity index (χ2n) is 10.2. The van der Waals surface area contributed by atoms with Crippen LogP contribution >= 0.6 is 7.82 Å². The fourth-order valence-electron chi connectivity index (χ4n) is 4.97. The molecule has 0 aliphatic heterocycles. The Morgan fingerprint density at radius 3 is 0.514 bits per heavy atom. The van der Waals surface area contributed by atoms with E-state index < -0.39 is 7.82 Å². The average molecular weight is 573 g/mol. The summed E-state index contributed by atoms with van der Waals surface area (Å²) in [6, 6.07) is 14.3. The summed E-state index contributed by atoms with van der Waals surface area (Å²) in [5, 5.41) is 0.